The summed E-state index contributed by atoms with van der Waals surface area (Å²) in [6.45, 7) is 20.3. The highest BCUT2D eigenvalue weighted by Crippen LogP contribution is 2.23. The summed E-state index contributed by atoms with van der Waals surface area (Å²) in [5.74, 6) is 2.04. The van der Waals surface area contributed by atoms with Crippen LogP contribution >= 0.6 is 0 Å². The van der Waals surface area contributed by atoms with Gasteiger partial charge in [0.1, 0.15) is 5.78 Å². The first-order valence-electron chi connectivity index (χ1n) is 13.0. The minimum Gasteiger partial charge on any atom is -0.379 e. The molecule has 0 heterocycles. The van der Waals surface area contributed by atoms with Crippen LogP contribution in [0.1, 0.15) is 93.4 Å². The fraction of sp³-hybridized carbons (Fsp3) is 0.963. The molecule has 0 aromatic rings. The Morgan fingerprint density at radius 1 is 0.719 bits per heavy atom. The van der Waals surface area contributed by atoms with Crippen LogP contribution in [-0.2, 0) is 23.7 Å². The largest absolute Gasteiger partial charge is 0.379 e. The topological polar surface area (TPSA) is 54.0 Å². The molecule has 2 unspecified atom stereocenters. The molecule has 0 saturated heterocycles. The van der Waals surface area contributed by atoms with Gasteiger partial charge in [0.05, 0.1) is 46.2 Å². The van der Waals surface area contributed by atoms with Crippen molar-refractivity contribution in [3.63, 3.8) is 0 Å². The van der Waals surface area contributed by atoms with E-state index >= 15 is 0 Å². The maximum Gasteiger partial charge on any atom is 0.137 e. The van der Waals surface area contributed by atoms with Crippen molar-refractivity contribution in [1.29, 1.82) is 0 Å². The van der Waals surface area contributed by atoms with E-state index in [4.69, 9.17) is 18.9 Å². The Labute approximate surface area is 199 Å². The molecule has 5 nitrogen and oxygen atoms in total. The number of Topliss-reactive ketones (excluding diaryl/α,β-unsaturated/α-hetero) is 1. The van der Waals surface area contributed by atoms with Crippen LogP contribution < -0.4 is 0 Å². The van der Waals surface area contributed by atoms with Crippen LogP contribution in [0.2, 0.25) is 0 Å². The molecule has 0 bridgehead atoms. The fourth-order valence-electron chi connectivity index (χ4n) is 3.59. The zero-order chi connectivity index (χ0) is 24.2. The first-order chi connectivity index (χ1) is 15.2. The van der Waals surface area contributed by atoms with E-state index in [0.29, 0.717) is 63.9 Å². The summed E-state index contributed by atoms with van der Waals surface area (Å²) >= 11 is 0. The van der Waals surface area contributed by atoms with E-state index in [1.54, 1.807) is 0 Å². The average Bonchev–Trinajstić information content (AvgIpc) is 2.72. The van der Waals surface area contributed by atoms with Crippen molar-refractivity contribution in [2.24, 2.45) is 23.2 Å². The van der Waals surface area contributed by atoms with E-state index in [1.807, 2.05) is 0 Å². The van der Waals surface area contributed by atoms with Gasteiger partial charge < -0.3 is 18.9 Å². The molecule has 192 valence electrons. The van der Waals surface area contributed by atoms with Gasteiger partial charge in [0.25, 0.3) is 0 Å². The number of rotatable bonds is 22. The number of ketones is 1. The van der Waals surface area contributed by atoms with Gasteiger partial charge in [0.2, 0.25) is 0 Å². The predicted octanol–water partition coefficient (Wildman–Crippen LogP) is 6.33. The lowest BCUT2D eigenvalue weighted by Crippen LogP contribution is -2.16. The number of unbranched alkanes of at least 4 members (excludes halogenated alkanes) is 1. The third-order valence-corrected chi connectivity index (χ3v) is 6.08. The Hall–Kier alpha value is -0.490. The Kier molecular flexibility index (Phi) is 19.6. The van der Waals surface area contributed by atoms with Gasteiger partial charge in [-0.1, -0.05) is 74.1 Å². The monoisotopic (exact) mass is 458 g/mol. The maximum absolute atomic E-state index is 12.2. The van der Waals surface area contributed by atoms with Gasteiger partial charge in [-0.25, -0.2) is 0 Å². The lowest BCUT2D eigenvalue weighted by molar-refractivity contribution is -0.123. The predicted molar refractivity (Wildman–Crippen MR) is 133 cm³/mol. The molecule has 0 N–H and O–H groups in total. The second-order valence-corrected chi connectivity index (χ2v) is 10.6. The lowest BCUT2D eigenvalue weighted by atomic mass is 9.87. The first kappa shape index (κ1) is 31.5. The zero-order valence-electron chi connectivity index (χ0n) is 22.4. The molecule has 0 rings (SSSR count). The normalized spacial score (nSPS) is 14.1. The zero-order valence-corrected chi connectivity index (χ0v) is 22.4. The SMILES string of the molecule is CCC(CCCCC(C)C(=O)CCOCCOCCOCCOCCC(C)(C)C)C(C)C. The lowest BCUT2D eigenvalue weighted by Gasteiger charge is -2.19. The third-order valence-electron chi connectivity index (χ3n) is 6.08. The molecule has 0 aliphatic rings. The van der Waals surface area contributed by atoms with Crippen molar-refractivity contribution in [3.8, 4) is 0 Å². The Morgan fingerprint density at radius 2 is 1.19 bits per heavy atom. The van der Waals surface area contributed by atoms with Gasteiger partial charge in [0, 0.05) is 18.9 Å². The summed E-state index contributed by atoms with van der Waals surface area (Å²) in [6, 6.07) is 0. The first-order valence-corrected chi connectivity index (χ1v) is 13.0. The maximum atomic E-state index is 12.2. The molecule has 2 atom stereocenters. The van der Waals surface area contributed by atoms with Crippen LogP contribution in [0.4, 0.5) is 0 Å². The molecule has 0 aliphatic heterocycles. The molecule has 0 aromatic heterocycles. The van der Waals surface area contributed by atoms with Crippen molar-refractivity contribution in [3.05, 3.63) is 0 Å². The highest BCUT2D eigenvalue weighted by molar-refractivity contribution is 5.80. The summed E-state index contributed by atoms with van der Waals surface area (Å²) in [7, 11) is 0. The molecule has 32 heavy (non-hydrogen) atoms. The Morgan fingerprint density at radius 3 is 1.66 bits per heavy atom. The minimum atomic E-state index is 0.142. The molecule has 5 heteroatoms. The molecule has 0 fully saturated rings. The van der Waals surface area contributed by atoms with E-state index < -0.39 is 0 Å². The van der Waals surface area contributed by atoms with Crippen LogP contribution in [0.15, 0.2) is 0 Å². The number of hydrogen-bond donors (Lipinski definition) is 0. The van der Waals surface area contributed by atoms with Crippen LogP contribution in [0.5, 0.6) is 0 Å². The van der Waals surface area contributed by atoms with Crippen LogP contribution in [0, 0.1) is 23.2 Å². The second-order valence-electron chi connectivity index (χ2n) is 10.6. The van der Waals surface area contributed by atoms with Gasteiger partial charge in [-0.05, 0) is 30.1 Å². The quantitative estimate of drug-likeness (QED) is 0.178. The minimum absolute atomic E-state index is 0.142. The summed E-state index contributed by atoms with van der Waals surface area (Å²) < 4.78 is 22.1. The van der Waals surface area contributed by atoms with Crippen molar-refractivity contribution in [2.45, 2.75) is 93.4 Å². The number of hydrogen-bond acceptors (Lipinski definition) is 5. The molecule has 0 saturated carbocycles. The third kappa shape index (κ3) is 20.1. The van der Waals surface area contributed by atoms with E-state index in [2.05, 4.69) is 48.5 Å². The molecule has 0 spiro atoms. The fourth-order valence-corrected chi connectivity index (χ4v) is 3.59. The van der Waals surface area contributed by atoms with Crippen molar-refractivity contribution in [2.75, 3.05) is 52.9 Å². The molecule has 0 aliphatic carbocycles. The molecular formula is C27H54O5. The van der Waals surface area contributed by atoms with Crippen LogP contribution in [0.25, 0.3) is 0 Å². The number of carbonyl (C=O) groups excluding carboxylic acids is 1. The highest BCUT2D eigenvalue weighted by atomic mass is 16.6. The van der Waals surface area contributed by atoms with Gasteiger partial charge in [-0.15, -0.1) is 0 Å². The smallest absolute Gasteiger partial charge is 0.137 e. The van der Waals surface area contributed by atoms with E-state index in [9.17, 15) is 4.79 Å². The summed E-state index contributed by atoms with van der Waals surface area (Å²) in [5.41, 5.74) is 0.313. The van der Waals surface area contributed by atoms with Crippen LogP contribution in [-0.4, -0.2) is 58.6 Å². The van der Waals surface area contributed by atoms with Gasteiger partial charge in [0.15, 0.2) is 0 Å². The molecular weight excluding hydrogens is 404 g/mol. The van der Waals surface area contributed by atoms with E-state index in [1.165, 1.54) is 19.3 Å². The van der Waals surface area contributed by atoms with Crippen molar-refractivity contribution < 1.29 is 23.7 Å². The summed E-state index contributed by atoms with van der Waals surface area (Å²) in [4.78, 5) is 12.2. The number of ether oxygens (including phenoxy) is 4. The average molecular weight is 459 g/mol. The molecule has 0 aromatic carbocycles. The second kappa shape index (κ2) is 19.9. The van der Waals surface area contributed by atoms with Crippen molar-refractivity contribution in [1.82, 2.24) is 0 Å². The van der Waals surface area contributed by atoms with Crippen molar-refractivity contribution >= 4 is 5.78 Å². The van der Waals surface area contributed by atoms with Gasteiger partial charge >= 0.3 is 0 Å². The standard InChI is InChI=1S/C27H54O5/c1-8-25(23(2)3)12-10-9-11-24(4)26(28)13-15-29-17-19-31-21-22-32-20-18-30-16-14-27(5,6)7/h23-25H,8-22H2,1-7H3. The number of carbonyl (C=O) groups is 1. The summed E-state index contributed by atoms with van der Waals surface area (Å²) in [6.07, 6.45) is 7.48. The van der Waals surface area contributed by atoms with Gasteiger partial charge in [-0.3, -0.25) is 4.79 Å². The highest BCUT2D eigenvalue weighted by Gasteiger charge is 2.14. The van der Waals surface area contributed by atoms with E-state index in [0.717, 1.165) is 37.7 Å². The Balaban J connectivity index is 3.43. The van der Waals surface area contributed by atoms with Gasteiger partial charge in [-0.2, -0.15) is 0 Å². The molecule has 0 amide bonds. The van der Waals surface area contributed by atoms with E-state index in [-0.39, 0.29) is 5.92 Å². The van der Waals surface area contributed by atoms with Crippen LogP contribution in [0.3, 0.4) is 0 Å². The Bertz CT molecular complexity index is 430. The molecule has 0 radical (unpaired) electrons. The summed E-state index contributed by atoms with van der Waals surface area (Å²) in [5, 5.41) is 0.